The van der Waals surface area contributed by atoms with Gasteiger partial charge in [0.1, 0.15) is 0 Å². The van der Waals surface area contributed by atoms with Crippen LogP contribution in [0.5, 0.6) is 0 Å². The smallest absolute Gasteiger partial charge is 0.0574 e. The van der Waals surface area contributed by atoms with Crippen molar-refractivity contribution >= 4 is 11.4 Å². The van der Waals surface area contributed by atoms with Gasteiger partial charge in [-0.2, -0.15) is 0 Å². The van der Waals surface area contributed by atoms with Gasteiger partial charge in [-0.3, -0.25) is 0 Å². The third-order valence-electron chi connectivity index (χ3n) is 3.29. The molecular formula is C13H20N2O. The molecule has 88 valence electrons. The summed E-state index contributed by atoms with van der Waals surface area (Å²) in [6.07, 6.45) is 2.62. The number of benzene rings is 1. The minimum atomic E-state index is -0.116. The highest BCUT2D eigenvalue weighted by molar-refractivity contribution is 5.60. The van der Waals surface area contributed by atoms with E-state index in [0.29, 0.717) is 0 Å². The Morgan fingerprint density at radius 1 is 1.38 bits per heavy atom. The number of aliphatic hydroxyl groups excluding tert-OH is 1. The first kappa shape index (κ1) is 11.3. The number of hydrogen-bond acceptors (Lipinski definition) is 3. The average Bonchev–Trinajstić information content (AvgIpc) is 2.30. The number of rotatable bonds is 2. The monoisotopic (exact) mass is 220 g/mol. The van der Waals surface area contributed by atoms with Gasteiger partial charge in [0.05, 0.1) is 6.10 Å². The molecule has 1 aromatic rings. The second kappa shape index (κ2) is 4.74. The molecular weight excluding hydrogens is 200 g/mol. The van der Waals surface area contributed by atoms with Crippen molar-refractivity contribution in [1.82, 2.24) is 0 Å². The van der Waals surface area contributed by atoms with Gasteiger partial charge in [-0.05, 0) is 43.0 Å². The Hall–Kier alpha value is -1.22. The molecule has 3 nitrogen and oxygen atoms in total. The fourth-order valence-electron chi connectivity index (χ4n) is 2.30. The first-order chi connectivity index (χ1) is 7.70. The number of anilines is 2. The standard InChI is InChI=1S/C13H20N2O/c1-2-10-9-11(14)3-4-13(10)15-7-5-12(16)6-8-15/h3-4,9,12,16H,2,5-8,14H2,1H3. The molecule has 1 heterocycles. The second-order valence-corrected chi connectivity index (χ2v) is 4.46. The van der Waals surface area contributed by atoms with Crippen molar-refractivity contribution in [2.24, 2.45) is 0 Å². The third-order valence-corrected chi connectivity index (χ3v) is 3.29. The van der Waals surface area contributed by atoms with Gasteiger partial charge in [0.25, 0.3) is 0 Å². The summed E-state index contributed by atoms with van der Waals surface area (Å²) in [5.41, 5.74) is 9.21. The normalized spacial score (nSPS) is 17.8. The Morgan fingerprint density at radius 3 is 2.69 bits per heavy atom. The zero-order valence-electron chi connectivity index (χ0n) is 9.82. The molecule has 2 rings (SSSR count). The summed E-state index contributed by atoms with van der Waals surface area (Å²) in [5.74, 6) is 0. The van der Waals surface area contributed by atoms with Crippen LogP contribution in [0.4, 0.5) is 11.4 Å². The molecule has 0 aromatic heterocycles. The number of nitrogens with zero attached hydrogens (tertiary/aromatic N) is 1. The zero-order valence-corrected chi connectivity index (χ0v) is 9.82. The maximum Gasteiger partial charge on any atom is 0.0574 e. The van der Waals surface area contributed by atoms with Crippen LogP contribution < -0.4 is 10.6 Å². The van der Waals surface area contributed by atoms with Gasteiger partial charge in [-0.25, -0.2) is 0 Å². The van der Waals surface area contributed by atoms with E-state index in [9.17, 15) is 5.11 Å². The van der Waals surface area contributed by atoms with Crippen LogP contribution in [-0.2, 0) is 6.42 Å². The highest BCUT2D eigenvalue weighted by Crippen LogP contribution is 2.26. The highest BCUT2D eigenvalue weighted by atomic mass is 16.3. The molecule has 1 fully saturated rings. The van der Waals surface area contributed by atoms with Crippen molar-refractivity contribution in [2.75, 3.05) is 23.7 Å². The van der Waals surface area contributed by atoms with Gasteiger partial charge in [0.15, 0.2) is 0 Å². The molecule has 0 aliphatic carbocycles. The lowest BCUT2D eigenvalue weighted by atomic mass is 10.0. The summed E-state index contributed by atoms with van der Waals surface area (Å²) in [7, 11) is 0. The number of nitrogen functional groups attached to an aromatic ring is 1. The highest BCUT2D eigenvalue weighted by Gasteiger charge is 2.18. The molecule has 0 amide bonds. The summed E-state index contributed by atoms with van der Waals surface area (Å²) in [6.45, 7) is 4.03. The predicted molar refractivity (Wildman–Crippen MR) is 67.7 cm³/mol. The van der Waals surface area contributed by atoms with E-state index in [1.54, 1.807) is 0 Å². The minimum absolute atomic E-state index is 0.116. The summed E-state index contributed by atoms with van der Waals surface area (Å²) in [6, 6.07) is 6.12. The second-order valence-electron chi connectivity index (χ2n) is 4.46. The van der Waals surface area contributed by atoms with Gasteiger partial charge in [-0.1, -0.05) is 6.92 Å². The maximum absolute atomic E-state index is 9.50. The van der Waals surface area contributed by atoms with Gasteiger partial charge in [0, 0.05) is 24.5 Å². The van der Waals surface area contributed by atoms with Gasteiger partial charge in [0.2, 0.25) is 0 Å². The number of aliphatic hydroxyl groups is 1. The summed E-state index contributed by atoms with van der Waals surface area (Å²) >= 11 is 0. The molecule has 0 saturated carbocycles. The first-order valence-electron chi connectivity index (χ1n) is 6.02. The van der Waals surface area contributed by atoms with E-state index < -0.39 is 0 Å². The molecule has 1 saturated heterocycles. The molecule has 3 N–H and O–H groups in total. The van der Waals surface area contributed by atoms with Crippen molar-refractivity contribution in [3.63, 3.8) is 0 Å². The van der Waals surface area contributed by atoms with E-state index in [2.05, 4.69) is 24.0 Å². The number of nitrogens with two attached hydrogens (primary N) is 1. The van der Waals surface area contributed by atoms with Crippen LogP contribution in [0.3, 0.4) is 0 Å². The molecule has 0 atom stereocenters. The fraction of sp³-hybridized carbons (Fsp3) is 0.538. The Kier molecular flexibility index (Phi) is 3.34. The van der Waals surface area contributed by atoms with Crippen LogP contribution in [-0.4, -0.2) is 24.3 Å². The predicted octanol–water partition coefficient (Wildman–Crippen LogP) is 1.79. The summed E-state index contributed by atoms with van der Waals surface area (Å²) < 4.78 is 0. The first-order valence-corrected chi connectivity index (χ1v) is 6.02. The molecule has 0 spiro atoms. The lowest BCUT2D eigenvalue weighted by Crippen LogP contribution is -2.36. The van der Waals surface area contributed by atoms with E-state index in [1.165, 1.54) is 11.3 Å². The Morgan fingerprint density at radius 2 is 2.06 bits per heavy atom. The number of aryl methyl sites for hydroxylation is 1. The van der Waals surface area contributed by atoms with Crippen LogP contribution >= 0.6 is 0 Å². The Bertz CT molecular complexity index is 357. The van der Waals surface area contributed by atoms with Crippen LogP contribution in [0.1, 0.15) is 25.3 Å². The van der Waals surface area contributed by atoms with Crippen LogP contribution in [0.15, 0.2) is 18.2 Å². The van der Waals surface area contributed by atoms with E-state index in [0.717, 1.165) is 38.0 Å². The van der Waals surface area contributed by atoms with Crippen molar-refractivity contribution in [1.29, 1.82) is 0 Å². The van der Waals surface area contributed by atoms with Crippen LogP contribution in [0, 0.1) is 0 Å². The molecule has 0 radical (unpaired) electrons. The van der Waals surface area contributed by atoms with Gasteiger partial charge >= 0.3 is 0 Å². The SMILES string of the molecule is CCc1cc(N)ccc1N1CCC(O)CC1. The zero-order chi connectivity index (χ0) is 11.5. The van der Waals surface area contributed by atoms with Crippen LogP contribution in [0.25, 0.3) is 0 Å². The van der Waals surface area contributed by atoms with E-state index >= 15 is 0 Å². The van der Waals surface area contributed by atoms with E-state index in [4.69, 9.17) is 5.73 Å². The number of hydrogen-bond donors (Lipinski definition) is 2. The molecule has 0 unspecified atom stereocenters. The fourth-order valence-corrected chi connectivity index (χ4v) is 2.30. The Balaban J connectivity index is 2.19. The van der Waals surface area contributed by atoms with Gasteiger partial charge < -0.3 is 15.7 Å². The van der Waals surface area contributed by atoms with E-state index in [1.807, 2.05) is 6.07 Å². The minimum Gasteiger partial charge on any atom is -0.399 e. The summed E-state index contributed by atoms with van der Waals surface area (Å²) in [5, 5.41) is 9.50. The maximum atomic E-state index is 9.50. The lowest BCUT2D eigenvalue weighted by molar-refractivity contribution is 0.145. The largest absolute Gasteiger partial charge is 0.399 e. The topological polar surface area (TPSA) is 49.5 Å². The summed E-state index contributed by atoms with van der Waals surface area (Å²) in [4.78, 5) is 2.35. The van der Waals surface area contributed by atoms with Crippen LogP contribution in [0.2, 0.25) is 0 Å². The average molecular weight is 220 g/mol. The lowest BCUT2D eigenvalue weighted by Gasteiger charge is -2.33. The van der Waals surface area contributed by atoms with Crippen molar-refractivity contribution in [3.8, 4) is 0 Å². The molecule has 1 aliphatic rings. The molecule has 16 heavy (non-hydrogen) atoms. The Labute approximate surface area is 96.9 Å². The quantitative estimate of drug-likeness (QED) is 0.747. The van der Waals surface area contributed by atoms with E-state index in [-0.39, 0.29) is 6.10 Å². The van der Waals surface area contributed by atoms with Gasteiger partial charge in [-0.15, -0.1) is 0 Å². The molecule has 3 heteroatoms. The van der Waals surface area contributed by atoms with Crippen molar-refractivity contribution < 1.29 is 5.11 Å². The molecule has 1 aliphatic heterocycles. The number of piperidine rings is 1. The third kappa shape index (κ3) is 2.30. The molecule has 0 bridgehead atoms. The van der Waals surface area contributed by atoms with Crippen molar-refractivity contribution in [3.05, 3.63) is 23.8 Å². The molecule has 1 aromatic carbocycles. The van der Waals surface area contributed by atoms with Crippen molar-refractivity contribution in [2.45, 2.75) is 32.3 Å².